The molecule has 0 fully saturated rings. The van der Waals surface area contributed by atoms with E-state index in [1.807, 2.05) is 6.92 Å². The molecule has 0 spiro atoms. The molecule has 10 heteroatoms. The topological polar surface area (TPSA) is 101 Å². The maximum Gasteiger partial charge on any atom is 0.264 e. The lowest BCUT2D eigenvalue weighted by Gasteiger charge is -2.26. The Bertz CT molecular complexity index is 1440. The molecule has 1 atom stereocenters. The van der Waals surface area contributed by atoms with E-state index in [9.17, 15) is 21.6 Å². The Morgan fingerprint density at radius 2 is 1.49 bits per heavy atom. The van der Waals surface area contributed by atoms with E-state index < -0.39 is 38.4 Å². The van der Waals surface area contributed by atoms with Crippen LogP contribution in [-0.2, 0) is 24.7 Å². The van der Waals surface area contributed by atoms with Crippen molar-refractivity contribution in [2.75, 3.05) is 17.1 Å². The Balaban J connectivity index is 1.90. The van der Waals surface area contributed by atoms with Crippen molar-refractivity contribution in [3.8, 4) is 0 Å². The van der Waals surface area contributed by atoms with Gasteiger partial charge in [0.05, 0.1) is 21.5 Å². The summed E-state index contributed by atoms with van der Waals surface area (Å²) in [7, 11) is -7.42. The second-order valence-corrected chi connectivity index (χ2v) is 12.7. The number of hydrogen-bond donors (Lipinski definition) is 1. The van der Waals surface area contributed by atoms with Crippen LogP contribution >= 0.6 is 11.6 Å². The number of carbonyl (C=O) groups excluding carboxylic acids is 1. The molecule has 0 aliphatic heterocycles. The van der Waals surface area contributed by atoms with Crippen LogP contribution in [0.1, 0.15) is 29.7 Å². The molecular weight excluding hydrogens is 508 g/mol. The highest BCUT2D eigenvalue weighted by Gasteiger charge is 2.29. The summed E-state index contributed by atoms with van der Waals surface area (Å²) in [5.74, 6) is -0.528. The van der Waals surface area contributed by atoms with Crippen molar-refractivity contribution in [3.05, 3.63) is 88.4 Å². The zero-order valence-corrected chi connectivity index (χ0v) is 22.2. The van der Waals surface area contributed by atoms with Crippen LogP contribution in [0.25, 0.3) is 0 Å². The van der Waals surface area contributed by atoms with Crippen molar-refractivity contribution in [2.24, 2.45) is 0 Å². The first-order chi connectivity index (χ1) is 16.3. The monoisotopic (exact) mass is 534 g/mol. The SMILES string of the molecule is Cc1ccc(S(=O)(=O)N(CC(=O)N[C@H](C)c2ccc(S(C)(=O)=O)cc2)c2cc(Cl)ccc2C)cc1. The quantitative estimate of drug-likeness (QED) is 0.460. The molecule has 0 saturated carbocycles. The zero-order valence-electron chi connectivity index (χ0n) is 19.8. The van der Waals surface area contributed by atoms with Crippen LogP contribution in [0.2, 0.25) is 5.02 Å². The summed E-state index contributed by atoms with van der Waals surface area (Å²) >= 11 is 6.16. The van der Waals surface area contributed by atoms with Crippen LogP contribution in [0.3, 0.4) is 0 Å². The molecule has 0 aliphatic rings. The predicted octanol–water partition coefficient (Wildman–Crippen LogP) is 4.43. The minimum atomic E-state index is -4.08. The molecule has 0 aliphatic carbocycles. The van der Waals surface area contributed by atoms with Gasteiger partial charge in [0.25, 0.3) is 10.0 Å². The summed E-state index contributed by atoms with van der Waals surface area (Å²) in [5, 5.41) is 3.14. The van der Waals surface area contributed by atoms with Gasteiger partial charge in [-0.3, -0.25) is 9.10 Å². The number of aryl methyl sites for hydroxylation is 2. The van der Waals surface area contributed by atoms with E-state index >= 15 is 0 Å². The molecule has 0 heterocycles. The first-order valence-corrected chi connectivity index (χ1v) is 14.4. The number of sulfonamides is 1. The number of nitrogens with zero attached hydrogens (tertiary/aromatic N) is 1. The van der Waals surface area contributed by atoms with Gasteiger partial charge >= 0.3 is 0 Å². The number of rotatable bonds is 8. The highest BCUT2D eigenvalue weighted by atomic mass is 35.5. The molecule has 3 aromatic carbocycles. The largest absolute Gasteiger partial charge is 0.348 e. The molecule has 35 heavy (non-hydrogen) atoms. The summed E-state index contributed by atoms with van der Waals surface area (Å²) in [6, 6.07) is 16.9. The summed E-state index contributed by atoms with van der Waals surface area (Å²) in [6.07, 6.45) is 1.12. The fraction of sp³-hybridized carbons (Fsp3) is 0.240. The second kappa shape index (κ2) is 10.4. The maximum absolute atomic E-state index is 13.6. The second-order valence-electron chi connectivity index (χ2n) is 8.39. The van der Waals surface area contributed by atoms with Crippen LogP contribution in [0, 0.1) is 13.8 Å². The standard InChI is InChI=1S/C25H27ClN2O5S2/c1-17-5-11-23(12-6-17)35(32,33)28(24-15-21(26)10-7-18(24)2)16-25(29)27-19(3)20-8-13-22(14-9-20)34(4,30)31/h5-15,19H,16H2,1-4H3,(H,27,29)/t19-/m1/s1. The minimum absolute atomic E-state index is 0.0553. The molecule has 186 valence electrons. The van der Waals surface area contributed by atoms with Crippen molar-refractivity contribution in [1.82, 2.24) is 5.32 Å². The molecule has 0 radical (unpaired) electrons. The van der Waals surface area contributed by atoms with E-state index in [0.717, 1.165) is 16.1 Å². The van der Waals surface area contributed by atoms with Crippen LogP contribution in [0.4, 0.5) is 5.69 Å². The molecular formula is C25H27ClN2O5S2. The summed E-state index contributed by atoms with van der Waals surface area (Å²) in [6.45, 7) is 4.86. The highest BCUT2D eigenvalue weighted by Crippen LogP contribution is 2.29. The van der Waals surface area contributed by atoms with E-state index in [4.69, 9.17) is 11.6 Å². The average Bonchev–Trinajstić information content (AvgIpc) is 2.79. The molecule has 0 bridgehead atoms. The van der Waals surface area contributed by atoms with Crippen molar-refractivity contribution in [1.29, 1.82) is 0 Å². The summed E-state index contributed by atoms with van der Waals surface area (Å²) in [5.41, 5.74) is 2.53. The first-order valence-electron chi connectivity index (χ1n) is 10.7. The van der Waals surface area contributed by atoms with Crippen LogP contribution in [0.5, 0.6) is 0 Å². The van der Waals surface area contributed by atoms with E-state index in [1.54, 1.807) is 50.2 Å². The number of hydrogen-bond acceptors (Lipinski definition) is 5. The third-order valence-electron chi connectivity index (χ3n) is 5.52. The van der Waals surface area contributed by atoms with Crippen LogP contribution in [-0.4, -0.2) is 35.5 Å². The fourth-order valence-electron chi connectivity index (χ4n) is 3.49. The third kappa shape index (κ3) is 6.42. The van der Waals surface area contributed by atoms with Crippen molar-refractivity contribution >= 4 is 43.1 Å². The van der Waals surface area contributed by atoms with Crippen molar-refractivity contribution < 1.29 is 21.6 Å². The number of anilines is 1. The molecule has 7 nitrogen and oxygen atoms in total. The Labute approximate surface area is 211 Å². The number of nitrogens with one attached hydrogen (secondary N) is 1. The third-order valence-corrected chi connectivity index (χ3v) is 8.66. The molecule has 1 N–H and O–H groups in total. The number of amides is 1. The van der Waals surface area contributed by atoms with Gasteiger partial charge in [0, 0.05) is 11.3 Å². The lowest BCUT2D eigenvalue weighted by Crippen LogP contribution is -2.42. The molecule has 3 rings (SSSR count). The van der Waals surface area contributed by atoms with Crippen LogP contribution < -0.4 is 9.62 Å². The van der Waals surface area contributed by atoms with Gasteiger partial charge in [-0.05, 0) is 68.3 Å². The number of halogens is 1. The van der Waals surface area contributed by atoms with Gasteiger partial charge in [-0.1, -0.05) is 47.5 Å². The lowest BCUT2D eigenvalue weighted by molar-refractivity contribution is -0.120. The van der Waals surface area contributed by atoms with E-state index in [1.165, 1.54) is 30.3 Å². The molecule has 1 amide bonds. The lowest BCUT2D eigenvalue weighted by atomic mass is 10.1. The average molecular weight is 535 g/mol. The zero-order chi connectivity index (χ0) is 26.0. The Hall–Kier alpha value is -2.88. The normalized spacial score (nSPS) is 12.7. The van der Waals surface area contributed by atoms with Crippen molar-refractivity contribution in [3.63, 3.8) is 0 Å². The van der Waals surface area contributed by atoms with E-state index in [-0.39, 0.29) is 9.79 Å². The van der Waals surface area contributed by atoms with Gasteiger partial charge in [0.1, 0.15) is 6.54 Å². The Kier molecular flexibility index (Phi) is 7.93. The molecule has 0 aromatic heterocycles. The minimum Gasteiger partial charge on any atom is -0.348 e. The van der Waals surface area contributed by atoms with Gasteiger partial charge in [0.15, 0.2) is 9.84 Å². The smallest absolute Gasteiger partial charge is 0.264 e. The Morgan fingerprint density at radius 1 is 0.914 bits per heavy atom. The van der Waals surface area contributed by atoms with Crippen molar-refractivity contribution in [2.45, 2.75) is 36.6 Å². The van der Waals surface area contributed by atoms with Gasteiger partial charge in [0.2, 0.25) is 5.91 Å². The maximum atomic E-state index is 13.6. The van der Waals surface area contributed by atoms with Crippen LogP contribution in [0.15, 0.2) is 76.5 Å². The molecule has 0 unspecified atom stereocenters. The Morgan fingerprint density at radius 3 is 2.06 bits per heavy atom. The first kappa shape index (κ1) is 26.7. The van der Waals surface area contributed by atoms with Gasteiger partial charge in [-0.25, -0.2) is 16.8 Å². The number of sulfone groups is 1. The number of carbonyl (C=O) groups is 1. The number of benzene rings is 3. The highest BCUT2D eigenvalue weighted by molar-refractivity contribution is 7.93. The van der Waals surface area contributed by atoms with Gasteiger partial charge in [-0.2, -0.15) is 0 Å². The van der Waals surface area contributed by atoms with Gasteiger partial charge in [-0.15, -0.1) is 0 Å². The van der Waals surface area contributed by atoms with Gasteiger partial charge < -0.3 is 5.32 Å². The summed E-state index contributed by atoms with van der Waals surface area (Å²) in [4.78, 5) is 13.2. The fourth-order valence-corrected chi connectivity index (χ4v) is 5.77. The molecule has 3 aromatic rings. The van der Waals surface area contributed by atoms with E-state index in [2.05, 4.69) is 5.32 Å². The molecule has 0 saturated heterocycles. The summed E-state index contributed by atoms with van der Waals surface area (Å²) < 4.78 is 51.6. The van der Waals surface area contributed by atoms with E-state index in [0.29, 0.717) is 21.8 Å². The predicted molar refractivity (Wildman–Crippen MR) is 138 cm³/mol.